The number of carbonyl (C=O) groups excluding carboxylic acids is 1. The zero-order valence-electron chi connectivity index (χ0n) is 23.7. The van der Waals surface area contributed by atoms with Gasteiger partial charge in [-0.15, -0.1) is 10.8 Å². The Morgan fingerprint density at radius 2 is 1.79 bits per heavy atom. The third-order valence-electron chi connectivity index (χ3n) is 7.24. The number of amides is 1. The van der Waals surface area contributed by atoms with Gasteiger partial charge in [-0.3, -0.25) is 18.2 Å². The molecule has 1 fully saturated rings. The zero-order valence-corrected chi connectivity index (χ0v) is 26.1. The molecule has 8 nitrogen and oxygen atoms in total. The highest BCUT2D eigenvalue weighted by Crippen LogP contribution is 2.50. The molecule has 1 saturated heterocycles. The van der Waals surface area contributed by atoms with Gasteiger partial charge in [0.25, 0.3) is 5.91 Å². The molecule has 228 valence electrons. The van der Waals surface area contributed by atoms with Crippen molar-refractivity contribution < 1.29 is 19.0 Å². The van der Waals surface area contributed by atoms with Crippen LogP contribution in [0.3, 0.4) is 0 Å². The summed E-state index contributed by atoms with van der Waals surface area (Å²) < 4.78 is 23.0. The molecule has 2 atom stereocenters. The van der Waals surface area contributed by atoms with Crippen LogP contribution >= 0.6 is 34.0 Å². The topological polar surface area (TPSA) is 117 Å². The van der Waals surface area contributed by atoms with E-state index in [1.54, 1.807) is 22.5 Å². The first kappa shape index (κ1) is 32.4. The van der Waals surface area contributed by atoms with Crippen molar-refractivity contribution in [1.29, 1.82) is 0 Å². The van der Waals surface area contributed by atoms with Crippen LogP contribution in [0.1, 0.15) is 41.3 Å². The van der Waals surface area contributed by atoms with Gasteiger partial charge in [-0.2, -0.15) is 0 Å². The number of nitrogens with one attached hydrogen (secondary N) is 3. The van der Waals surface area contributed by atoms with E-state index in [1.165, 1.54) is 0 Å². The summed E-state index contributed by atoms with van der Waals surface area (Å²) in [5.41, 5.74) is 3.69. The molecule has 1 aliphatic rings. The van der Waals surface area contributed by atoms with E-state index < -0.39 is 22.9 Å². The van der Waals surface area contributed by atoms with E-state index in [0.29, 0.717) is 65.2 Å². The number of aliphatic hydroxyl groups excluding tert-OH is 1. The van der Waals surface area contributed by atoms with Crippen molar-refractivity contribution >= 4 is 51.3 Å². The first-order valence-corrected chi connectivity index (χ1v) is 16.7. The number of benzene rings is 3. The summed E-state index contributed by atoms with van der Waals surface area (Å²) in [6.07, 6.45) is 1.86. The predicted molar refractivity (Wildman–Crippen MR) is 175 cm³/mol. The van der Waals surface area contributed by atoms with Gasteiger partial charge in [0.05, 0.1) is 33.6 Å². The molecule has 0 unspecified atom stereocenters. The highest BCUT2D eigenvalue weighted by atomic mass is 35.5. The van der Waals surface area contributed by atoms with Crippen molar-refractivity contribution in [2.24, 2.45) is 0 Å². The largest absolute Gasteiger partial charge is 0.390 e. The molecule has 0 radical (unpaired) electrons. The van der Waals surface area contributed by atoms with E-state index in [2.05, 4.69) is 16.0 Å². The summed E-state index contributed by atoms with van der Waals surface area (Å²) in [6, 6.07) is 20.0. The molecule has 1 aliphatic heterocycles. The quantitative estimate of drug-likeness (QED) is 0.124. The van der Waals surface area contributed by atoms with Crippen LogP contribution in [0, 0.1) is 0 Å². The average Bonchev–Trinajstić information content (AvgIpc) is 2.97. The summed E-state index contributed by atoms with van der Waals surface area (Å²) in [7, 11) is -2.95. The van der Waals surface area contributed by atoms with Crippen LogP contribution in [0.4, 0.5) is 11.4 Å². The van der Waals surface area contributed by atoms with Crippen molar-refractivity contribution in [3.8, 4) is 0 Å². The lowest BCUT2D eigenvalue weighted by Gasteiger charge is -2.47. The highest BCUT2D eigenvalue weighted by molar-refractivity contribution is 8.25. The molecule has 42 heavy (non-hydrogen) atoms. The Bertz CT molecular complexity index is 1330. The van der Waals surface area contributed by atoms with Gasteiger partial charge in [-0.05, 0) is 80.6 Å². The molecule has 1 heterocycles. The lowest BCUT2D eigenvalue weighted by Crippen LogP contribution is -2.49. The standard InChI is InChI=1S/C31H40Cl2N4O4S/c1-2-35-25-18-24(19-26(20-25)37-14-6-7-15-42(37,40)41)31(39)36-29(17-22-8-4-3-5-9-22)30(38)21-34-13-12-23-10-11-27(32)28(33)16-23/h3-5,8-11,16,18-20,29-30,34-35,38,40-41H,2,6-7,12-15,17,21H2,1H3,(H,36,39)/t29-,30-/m0/s1. The average molecular weight is 636 g/mol. The minimum atomic E-state index is -2.95. The maximum absolute atomic E-state index is 13.6. The lowest BCUT2D eigenvalue weighted by molar-refractivity contribution is 0.0831. The van der Waals surface area contributed by atoms with Gasteiger partial charge in [0.1, 0.15) is 0 Å². The molecule has 0 aromatic heterocycles. The van der Waals surface area contributed by atoms with Crippen LogP contribution in [0.25, 0.3) is 0 Å². The number of hydrogen-bond acceptors (Lipinski definition) is 7. The Kier molecular flexibility index (Phi) is 11.8. The number of rotatable bonds is 13. The third kappa shape index (κ3) is 9.00. The number of hydrogen-bond donors (Lipinski definition) is 6. The number of anilines is 2. The van der Waals surface area contributed by atoms with Gasteiger partial charge in [-0.1, -0.05) is 59.6 Å². The summed E-state index contributed by atoms with van der Waals surface area (Å²) >= 11 is 12.1. The molecule has 0 spiro atoms. The first-order valence-electron chi connectivity index (χ1n) is 14.3. The van der Waals surface area contributed by atoms with Crippen LogP contribution in [0.2, 0.25) is 10.0 Å². The molecule has 1 amide bonds. The third-order valence-corrected chi connectivity index (χ3v) is 9.91. The number of aliphatic hydroxyl groups is 1. The second kappa shape index (κ2) is 15.3. The molecular weight excluding hydrogens is 595 g/mol. The van der Waals surface area contributed by atoms with Gasteiger partial charge >= 0.3 is 0 Å². The van der Waals surface area contributed by atoms with E-state index in [0.717, 1.165) is 24.0 Å². The fourth-order valence-corrected chi connectivity index (χ4v) is 7.02. The van der Waals surface area contributed by atoms with Crippen LogP contribution < -0.4 is 20.3 Å². The van der Waals surface area contributed by atoms with Gasteiger partial charge in [0.2, 0.25) is 0 Å². The Labute approximate surface area is 259 Å². The summed E-state index contributed by atoms with van der Waals surface area (Å²) in [5, 5.41) is 21.8. The molecule has 3 aromatic rings. The monoisotopic (exact) mass is 634 g/mol. The lowest BCUT2D eigenvalue weighted by atomic mass is 10.00. The Morgan fingerprint density at radius 1 is 1.00 bits per heavy atom. The second-order valence-corrected chi connectivity index (χ2v) is 13.4. The molecule has 0 aliphatic carbocycles. The molecule has 4 rings (SSSR count). The Hall–Kier alpha value is -2.50. The molecular formula is C31H40Cl2N4O4S. The minimum absolute atomic E-state index is 0.274. The molecule has 3 aromatic carbocycles. The van der Waals surface area contributed by atoms with Crippen molar-refractivity contribution in [3.05, 3.63) is 93.5 Å². The highest BCUT2D eigenvalue weighted by Gasteiger charge is 2.28. The smallest absolute Gasteiger partial charge is 0.251 e. The molecule has 11 heteroatoms. The van der Waals surface area contributed by atoms with Crippen LogP contribution in [-0.4, -0.2) is 64.2 Å². The maximum atomic E-state index is 13.6. The first-order chi connectivity index (χ1) is 20.2. The van der Waals surface area contributed by atoms with E-state index in [-0.39, 0.29) is 12.5 Å². The van der Waals surface area contributed by atoms with E-state index in [4.69, 9.17) is 23.2 Å². The SMILES string of the molecule is CCNc1cc(C(=O)N[C@@H](Cc2ccccc2)[C@@H](O)CNCCc2ccc(Cl)c(Cl)c2)cc(N2CCCCS2(O)O)c1. The van der Waals surface area contributed by atoms with Crippen molar-refractivity contribution in [2.45, 2.75) is 44.8 Å². The van der Waals surface area contributed by atoms with Crippen LogP contribution in [-0.2, 0) is 12.8 Å². The number of halogens is 2. The van der Waals surface area contributed by atoms with Gasteiger partial charge in [0.15, 0.2) is 0 Å². The number of carbonyl (C=O) groups is 1. The summed E-state index contributed by atoms with van der Waals surface area (Å²) in [4.78, 5) is 13.6. The molecule has 0 bridgehead atoms. The predicted octanol–water partition coefficient (Wildman–Crippen LogP) is 6.23. The normalized spacial score (nSPS) is 16.9. The fourth-order valence-electron chi connectivity index (χ4n) is 5.02. The Morgan fingerprint density at radius 3 is 2.50 bits per heavy atom. The minimum Gasteiger partial charge on any atom is -0.390 e. The maximum Gasteiger partial charge on any atom is 0.251 e. The fraction of sp³-hybridized carbons (Fsp3) is 0.387. The van der Waals surface area contributed by atoms with Crippen molar-refractivity contribution in [1.82, 2.24) is 10.6 Å². The van der Waals surface area contributed by atoms with Gasteiger partial charge < -0.3 is 21.1 Å². The van der Waals surface area contributed by atoms with Gasteiger partial charge in [-0.25, -0.2) is 0 Å². The Balaban J connectivity index is 1.48. The van der Waals surface area contributed by atoms with E-state index >= 15 is 0 Å². The van der Waals surface area contributed by atoms with E-state index in [9.17, 15) is 19.0 Å². The van der Waals surface area contributed by atoms with Crippen LogP contribution in [0.5, 0.6) is 0 Å². The van der Waals surface area contributed by atoms with Crippen LogP contribution in [0.15, 0.2) is 66.7 Å². The molecule has 0 saturated carbocycles. The van der Waals surface area contributed by atoms with Gasteiger partial charge in [0, 0.05) is 30.9 Å². The zero-order chi connectivity index (χ0) is 30.1. The summed E-state index contributed by atoms with van der Waals surface area (Å²) in [5.74, 6) is -0.0381. The van der Waals surface area contributed by atoms with Crippen molar-refractivity contribution in [3.63, 3.8) is 0 Å². The summed E-state index contributed by atoms with van der Waals surface area (Å²) in [6.45, 7) is 3.99. The second-order valence-electron chi connectivity index (χ2n) is 10.5. The molecule has 6 N–H and O–H groups in total. The van der Waals surface area contributed by atoms with E-state index in [1.807, 2.05) is 55.5 Å². The number of nitrogens with zero attached hydrogens (tertiary/aromatic N) is 1. The van der Waals surface area contributed by atoms with Crippen molar-refractivity contribution in [2.75, 3.05) is 41.6 Å².